The highest BCUT2D eigenvalue weighted by Crippen LogP contribution is 2.38. The molecule has 0 fully saturated rings. The zero-order valence-electron chi connectivity index (χ0n) is 10.6. The van der Waals surface area contributed by atoms with E-state index in [1.807, 2.05) is 11.3 Å². The van der Waals surface area contributed by atoms with Gasteiger partial charge in [-0.2, -0.15) is 0 Å². The summed E-state index contributed by atoms with van der Waals surface area (Å²) < 4.78 is 1.18. The summed E-state index contributed by atoms with van der Waals surface area (Å²) in [4.78, 5) is 2.95. The van der Waals surface area contributed by atoms with Gasteiger partial charge in [-0.05, 0) is 41.8 Å². The molecule has 94 valence electrons. The van der Waals surface area contributed by atoms with Crippen LogP contribution in [0, 0.1) is 6.92 Å². The summed E-state index contributed by atoms with van der Waals surface area (Å²) in [5.74, 6) is 0.643. The Hall–Kier alpha value is -0.640. The van der Waals surface area contributed by atoms with Crippen molar-refractivity contribution in [2.45, 2.75) is 26.3 Å². The molecule has 0 bridgehead atoms. The predicted molar refractivity (Wildman–Crippen MR) is 82.3 cm³/mol. The van der Waals surface area contributed by atoms with Crippen molar-refractivity contribution in [1.82, 2.24) is 5.32 Å². The molecule has 0 spiro atoms. The number of nitrogens with one attached hydrogen (secondary N) is 1. The molecule has 18 heavy (non-hydrogen) atoms. The summed E-state index contributed by atoms with van der Waals surface area (Å²) in [7, 11) is 0. The molecular formula is C15H16BrNS. The van der Waals surface area contributed by atoms with Crippen molar-refractivity contribution >= 4 is 27.3 Å². The fourth-order valence-electron chi connectivity index (χ4n) is 2.45. The minimum atomic E-state index is 0.643. The number of fused-ring (bicyclic) bond motifs is 1. The highest BCUT2D eigenvalue weighted by Gasteiger charge is 2.19. The summed E-state index contributed by atoms with van der Waals surface area (Å²) in [5, 5.41) is 3.48. The van der Waals surface area contributed by atoms with E-state index in [4.69, 9.17) is 0 Å². The lowest BCUT2D eigenvalue weighted by Gasteiger charge is -2.18. The van der Waals surface area contributed by atoms with Gasteiger partial charge in [0.15, 0.2) is 0 Å². The average Bonchev–Trinajstić information content (AvgIpc) is 2.78. The van der Waals surface area contributed by atoms with Gasteiger partial charge in [0.25, 0.3) is 0 Å². The van der Waals surface area contributed by atoms with E-state index in [9.17, 15) is 0 Å². The molecule has 2 heterocycles. The van der Waals surface area contributed by atoms with E-state index < -0.39 is 0 Å². The highest BCUT2D eigenvalue weighted by molar-refractivity contribution is 9.10. The molecule has 0 saturated carbocycles. The lowest BCUT2D eigenvalue weighted by atomic mass is 10.0. The van der Waals surface area contributed by atoms with Crippen LogP contribution in [-0.4, -0.2) is 6.54 Å². The second-order valence-electron chi connectivity index (χ2n) is 5.00. The normalized spacial score (nSPS) is 18.7. The zero-order chi connectivity index (χ0) is 12.7. The molecule has 1 aliphatic rings. The summed E-state index contributed by atoms with van der Waals surface area (Å²) in [6, 6.07) is 8.96. The van der Waals surface area contributed by atoms with Crippen molar-refractivity contribution in [3.8, 4) is 10.4 Å². The van der Waals surface area contributed by atoms with Crippen LogP contribution in [0.5, 0.6) is 0 Å². The number of hydrogen-bond acceptors (Lipinski definition) is 2. The van der Waals surface area contributed by atoms with Gasteiger partial charge in [0, 0.05) is 33.2 Å². The summed E-state index contributed by atoms with van der Waals surface area (Å²) >= 11 is 5.52. The molecule has 1 unspecified atom stereocenters. The van der Waals surface area contributed by atoms with Crippen molar-refractivity contribution in [3.63, 3.8) is 0 Å². The van der Waals surface area contributed by atoms with Crippen LogP contribution in [-0.2, 0) is 6.54 Å². The topological polar surface area (TPSA) is 12.0 Å². The Morgan fingerprint density at radius 2 is 2.17 bits per heavy atom. The van der Waals surface area contributed by atoms with Crippen LogP contribution in [0.3, 0.4) is 0 Å². The van der Waals surface area contributed by atoms with Crippen molar-refractivity contribution in [1.29, 1.82) is 0 Å². The Bertz CT molecular complexity index is 588. The molecule has 3 heteroatoms. The SMILES string of the molecule is Cc1cc(-c2cc3c(s2)C(C)CNC3)ccc1Br. The number of thiophene rings is 1. The van der Waals surface area contributed by atoms with Crippen molar-refractivity contribution < 1.29 is 0 Å². The standard InChI is InChI=1S/C15H16BrNS/c1-9-5-11(3-4-13(9)16)14-6-12-8-17-7-10(2)15(12)18-14/h3-6,10,17H,7-8H2,1-2H3. The lowest BCUT2D eigenvalue weighted by Crippen LogP contribution is -2.24. The Kier molecular flexibility index (Phi) is 3.31. The fraction of sp³-hybridized carbons (Fsp3) is 0.333. The van der Waals surface area contributed by atoms with E-state index in [2.05, 4.69) is 59.4 Å². The van der Waals surface area contributed by atoms with Gasteiger partial charge < -0.3 is 5.32 Å². The molecule has 1 aromatic carbocycles. The van der Waals surface area contributed by atoms with Gasteiger partial charge in [-0.1, -0.05) is 28.9 Å². The molecule has 0 radical (unpaired) electrons. The largest absolute Gasteiger partial charge is 0.312 e. The monoisotopic (exact) mass is 321 g/mol. The van der Waals surface area contributed by atoms with Crippen LogP contribution in [0.4, 0.5) is 0 Å². The van der Waals surface area contributed by atoms with Crippen molar-refractivity contribution in [2.75, 3.05) is 6.54 Å². The van der Waals surface area contributed by atoms with Crippen molar-refractivity contribution in [3.05, 3.63) is 44.7 Å². The number of hydrogen-bond donors (Lipinski definition) is 1. The maximum absolute atomic E-state index is 3.56. The van der Waals surface area contributed by atoms with Crippen molar-refractivity contribution in [2.24, 2.45) is 0 Å². The Balaban J connectivity index is 2.04. The summed E-state index contributed by atoms with van der Waals surface area (Å²) in [6.07, 6.45) is 0. The summed E-state index contributed by atoms with van der Waals surface area (Å²) in [5.41, 5.74) is 4.11. The van der Waals surface area contributed by atoms with Gasteiger partial charge in [0.2, 0.25) is 0 Å². The van der Waals surface area contributed by atoms with Crippen LogP contribution < -0.4 is 5.32 Å². The molecule has 3 rings (SSSR count). The third kappa shape index (κ3) is 2.15. The average molecular weight is 322 g/mol. The lowest BCUT2D eigenvalue weighted by molar-refractivity contribution is 0.581. The van der Waals surface area contributed by atoms with E-state index in [1.165, 1.54) is 26.0 Å². The fourth-order valence-corrected chi connectivity index (χ4v) is 3.93. The maximum atomic E-state index is 3.56. The molecule has 1 N–H and O–H groups in total. The zero-order valence-corrected chi connectivity index (χ0v) is 13.0. The first-order valence-electron chi connectivity index (χ1n) is 6.25. The second kappa shape index (κ2) is 4.80. The maximum Gasteiger partial charge on any atom is 0.0349 e. The Morgan fingerprint density at radius 1 is 1.33 bits per heavy atom. The highest BCUT2D eigenvalue weighted by atomic mass is 79.9. The number of benzene rings is 1. The second-order valence-corrected chi connectivity index (χ2v) is 6.93. The molecule has 1 nitrogen and oxygen atoms in total. The summed E-state index contributed by atoms with van der Waals surface area (Å²) in [6.45, 7) is 6.57. The minimum Gasteiger partial charge on any atom is -0.312 e. The van der Waals surface area contributed by atoms with Gasteiger partial charge >= 0.3 is 0 Å². The third-order valence-corrected chi connectivity index (χ3v) is 5.85. The van der Waals surface area contributed by atoms with E-state index in [-0.39, 0.29) is 0 Å². The molecule has 0 aliphatic carbocycles. The minimum absolute atomic E-state index is 0.643. The molecule has 0 saturated heterocycles. The van der Waals surface area contributed by atoms with E-state index >= 15 is 0 Å². The van der Waals surface area contributed by atoms with Gasteiger partial charge in [-0.25, -0.2) is 0 Å². The van der Waals surface area contributed by atoms with Crippen LogP contribution in [0.15, 0.2) is 28.7 Å². The number of aryl methyl sites for hydroxylation is 1. The first-order chi connectivity index (χ1) is 8.65. The predicted octanol–water partition coefficient (Wildman–Crippen LogP) is 4.69. The smallest absolute Gasteiger partial charge is 0.0349 e. The van der Waals surface area contributed by atoms with Gasteiger partial charge in [-0.15, -0.1) is 11.3 Å². The molecular weight excluding hydrogens is 306 g/mol. The van der Waals surface area contributed by atoms with Crippen LogP contribution in [0.2, 0.25) is 0 Å². The van der Waals surface area contributed by atoms with Gasteiger partial charge in [-0.3, -0.25) is 0 Å². The first kappa shape index (κ1) is 12.4. The molecule has 0 amide bonds. The molecule has 1 aromatic heterocycles. The first-order valence-corrected chi connectivity index (χ1v) is 7.86. The van der Waals surface area contributed by atoms with E-state index in [1.54, 1.807) is 4.88 Å². The van der Waals surface area contributed by atoms with Crippen LogP contribution in [0.1, 0.15) is 28.8 Å². The Morgan fingerprint density at radius 3 is 2.89 bits per heavy atom. The Labute approximate surface area is 120 Å². The molecule has 2 aromatic rings. The van der Waals surface area contributed by atoms with E-state index in [0.29, 0.717) is 5.92 Å². The quantitative estimate of drug-likeness (QED) is 0.803. The van der Waals surface area contributed by atoms with E-state index in [0.717, 1.165) is 13.1 Å². The number of halogens is 1. The number of rotatable bonds is 1. The molecule has 1 aliphatic heterocycles. The van der Waals surface area contributed by atoms with Gasteiger partial charge in [0.1, 0.15) is 0 Å². The molecule has 1 atom stereocenters. The van der Waals surface area contributed by atoms with Crippen LogP contribution >= 0.6 is 27.3 Å². The van der Waals surface area contributed by atoms with Crippen LogP contribution in [0.25, 0.3) is 10.4 Å². The third-order valence-electron chi connectivity index (χ3n) is 3.50. The van der Waals surface area contributed by atoms with Gasteiger partial charge in [0.05, 0.1) is 0 Å².